The van der Waals surface area contributed by atoms with Crippen molar-refractivity contribution in [3.05, 3.63) is 81.0 Å². The van der Waals surface area contributed by atoms with Crippen LogP contribution in [0.3, 0.4) is 0 Å². The lowest BCUT2D eigenvalue weighted by molar-refractivity contribution is -0.118. The molecule has 9 heteroatoms. The van der Waals surface area contributed by atoms with Gasteiger partial charge in [-0.25, -0.2) is 9.97 Å². The summed E-state index contributed by atoms with van der Waals surface area (Å²) in [6.45, 7) is 0. The third kappa shape index (κ3) is 3.51. The molecule has 3 aromatic heterocycles. The number of nitrogens with one attached hydrogen (secondary N) is 1. The van der Waals surface area contributed by atoms with Gasteiger partial charge in [-0.15, -0.1) is 11.3 Å². The number of aromatic nitrogens is 4. The number of benzene rings is 1. The normalized spacial score (nSPS) is 12.0. The maximum Gasteiger partial charge on any atom is 0.262 e. The van der Waals surface area contributed by atoms with E-state index in [0.29, 0.717) is 21.6 Å². The fraction of sp³-hybridized carbons (Fsp3) is 0.0556. The van der Waals surface area contributed by atoms with Crippen LogP contribution in [0.1, 0.15) is 11.6 Å². The number of amides is 1. The van der Waals surface area contributed by atoms with Gasteiger partial charge in [-0.1, -0.05) is 22.0 Å². The molecule has 1 aromatic carbocycles. The summed E-state index contributed by atoms with van der Waals surface area (Å²) < 4.78 is 2.08. The monoisotopic (exact) mass is 441 g/mol. The number of hydrogen-bond donors (Lipinski definition) is 1. The summed E-state index contributed by atoms with van der Waals surface area (Å²) in [6.07, 6.45) is 6.15. The topological polar surface area (TPSA) is 89.8 Å². The van der Waals surface area contributed by atoms with E-state index < -0.39 is 11.9 Å². The zero-order valence-corrected chi connectivity index (χ0v) is 16.1. The van der Waals surface area contributed by atoms with Crippen LogP contribution in [0.2, 0.25) is 0 Å². The van der Waals surface area contributed by atoms with Gasteiger partial charge in [0.15, 0.2) is 5.13 Å². The Balaban J connectivity index is 1.86. The molecule has 1 N–H and O–H groups in total. The summed E-state index contributed by atoms with van der Waals surface area (Å²) in [4.78, 5) is 38.6. The number of carbonyl (C=O) groups is 1. The lowest BCUT2D eigenvalue weighted by atomic mass is 10.1. The Morgan fingerprint density at radius 2 is 2.11 bits per heavy atom. The molecule has 0 aliphatic carbocycles. The summed E-state index contributed by atoms with van der Waals surface area (Å²) in [7, 11) is 0. The molecule has 0 saturated carbocycles. The van der Waals surface area contributed by atoms with Crippen molar-refractivity contribution in [2.24, 2.45) is 0 Å². The minimum atomic E-state index is -0.925. The van der Waals surface area contributed by atoms with Crippen molar-refractivity contribution < 1.29 is 4.79 Å². The van der Waals surface area contributed by atoms with E-state index >= 15 is 0 Å². The van der Waals surface area contributed by atoms with E-state index in [1.165, 1.54) is 22.2 Å². The fourth-order valence-corrected chi connectivity index (χ4v) is 3.62. The summed E-state index contributed by atoms with van der Waals surface area (Å²) in [5, 5.41) is 5.39. The molecule has 27 heavy (non-hydrogen) atoms. The first-order valence-electron chi connectivity index (χ1n) is 7.90. The van der Waals surface area contributed by atoms with Crippen molar-refractivity contribution in [2.45, 2.75) is 6.04 Å². The highest BCUT2D eigenvalue weighted by Crippen LogP contribution is 2.21. The SMILES string of the molecule is O=C(Nc1nccs1)C(c1cccnc1)n1cnc2ccc(Br)cc2c1=O. The van der Waals surface area contributed by atoms with Crippen molar-refractivity contribution in [1.82, 2.24) is 19.5 Å². The maximum atomic E-state index is 13.1. The van der Waals surface area contributed by atoms with Gasteiger partial charge in [0.2, 0.25) is 0 Å². The van der Waals surface area contributed by atoms with Crippen molar-refractivity contribution in [1.29, 1.82) is 0 Å². The summed E-state index contributed by atoms with van der Waals surface area (Å²) in [6, 6.07) is 7.80. The molecule has 7 nitrogen and oxygen atoms in total. The van der Waals surface area contributed by atoms with Gasteiger partial charge >= 0.3 is 0 Å². The molecule has 0 spiro atoms. The summed E-state index contributed by atoms with van der Waals surface area (Å²) in [5.41, 5.74) is 0.818. The average Bonchev–Trinajstić information content (AvgIpc) is 3.18. The van der Waals surface area contributed by atoms with Crippen LogP contribution in [0, 0.1) is 0 Å². The van der Waals surface area contributed by atoms with Crippen molar-refractivity contribution in [3.8, 4) is 0 Å². The van der Waals surface area contributed by atoms with Crippen molar-refractivity contribution in [3.63, 3.8) is 0 Å². The zero-order valence-electron chi connectivity index (χ0n) is 13.7. The smallest absolute Gasteiger partial charge is 0.262 e. The zero-order chi connectivity index (χ0) is 18.8. The van der Waals surface area contributed by atoms with Crippen LogP contribution in [0.15, 0.2) is 69.9 Å². The largest absolute Gasteiger partial charge is 0.300 e. The Labute approximate surface area is 165 Å². The highest BCUT2D eigenvalue weighted by atomic mass is 79.9. The minimum Gasteiger partial charge on any atom is -0.300 e. The van der Waals surface area contributed by atoms with E-state index in [-0.39, 0.29) is 5.56 Å². The van der Waals surface area contributed by atoms with Gasteiger partial charge in [-0.05, 0) is 24.3 Å². The predicted molar refractivity (Wildman–Crippen MR) is 107 cm³/mol. The molecular formula is C18H12BrN5O2S. The van der Waals surface area contributed by atoms with Gasteiger partial charge < -0.3 is 0 Å². The highest BCUT2D eigenvalue weighted by molar-refractivity contribution is 9.10. The van der Waals surface area contributed by atoms with E-state index in [1.807, 2.05) is 6.07 Å². The van der Waals surface area contributed by atoms with Gasteiger partial charge in [0.25, 0.3) is 11.5 Å². The first-order valence-corrected chi connectivity index (χ1v) is 9.57. The Morgan fingerprint density at radius 3 is 2.85 bits per heavy atom. The Morgan fingerprint density at radius 1 is 1.22 bits per heavy atom. The van der Waals surface area contributed by atoms with E-state index in [0.717, 1.165) is 4.47 Å². The number of thiazole rings is 1. The number of hydrogen-bond acceptors (Lipinski definition) is 6. The number of carbonyl (C=O) groups excluding carboxylic acids is 1. The number of fused-ring (bicyclic) bond motifs is 1. The van der Waals surface area contributed by atoms with E-state index in [1.54, 1.807) is 48.2 Å². The molecule has 0 aliphatic rings. The standard InChI is InChI=1S/C18H12BrN5O2S/c19-12-3-4-14-13(8-12)17(26)24(10-22-14)15(11-2-1-5-20-9-11)16(25)23-18-21-6-7-27-18/h1-10,15H,(H,21,23,25). The maximum absolute atomic E-state index is 13.1. The fourth-order valence-electron chi connectivity index (χ4n) is 2.73. The van der Waals surface area contributed by atoms with Gasteiger partial charge in [0, 0.05) is 34.0 Å². The van der Waals surface area contributed by atoms with Gasteiger partial charge in [0.05, 0.1) is 17.2 Å². The molecule has 1 unspecified atom stereocenters. The van der Waals surface area contributed by atoms with Gasteiger partial charge in [-0.2, -0.15) is 0 Å². The summed E-state index contributed by atoms with van der Waals surface area (Å²) >= 11 is 4.67. The number of nitrogens with zero attached hydrogens (tertiary/aromatic N) is 4. The molecule has 0 fully saturated rings. The molecule has 0 aliphatic heterocycles. The van der Waals surface area contributed by atoms with Gasteiger partial charge in [0.1, 0.15) is 6.04 Å². The van der Waals surface area contributed by atoms with Crippen LogP contribution >= 0.6 is 27.3 Å². The Hall–Kier alpha value is -2.91. The highest BCUT2D eigenvalue weighted by Gasteiger charge is 2.25. The molecule has 134 valence electrons. The Kier molecular flexibility index (Phi) is 4.78. The molecule has 3 heterocycles. The van der Waals surface area contributed by atoms with Crippen molar-refractivity contribution in [2.75, 3.05) is 5.32 Å². The number of halogens is 1. The quantitative estimate of drug-likeness (QED) is 0.524. The molecule has 1 atom stereocenters. The van der Waals surface area contributed by atoms with Crippen LogP contribution in [0.5, 0.6) is 0 Å². The second-order valence-electron chi connectivity index (χ2n) is 5.63. The lowest BCUT2D eigenvalue weighted by Gasteiger charge is -2.19. The van der Waals surface area contributed by atoms with E-state index in [4.69, 9.17) is 0 Å². The average molecular weight is 442 g/mol. The first kappa shape index (κ1) is 17.5. The van der Waals surface area contributed by atoms with Crippen LogP contribution in [0.4, 0.5) is 5.13 Å². The van der Waals surface area contributed by atoms with E-state index in [2.05, 4.69) is 36.2 Å². The van der Waals surface area contributed by atoms with Crippen LogP contribution < -0.4 is 10.9 Å². The second kappa shape index (κ2) is 7.37. The third-order valence-electron chi connectivity index (χ3n) is 3.93. The van der Waals surface area contributed by atoms with Crippen molar-refractivity contribution >= 4 is 49.2 Å². The first-order chi connectivity index (χ1) is 13.1. The lowest BCUT2D eigenvalue weighted by Crippen LogP contribution is -2.34. The number of pyridine rings is 1. The molecule has 4 rings (SSSR count). The van der Waals surface area contributed by atoms with Crippen LogP contribution in [0.25, 0.3) is 10.9 Å². The molecular weight excluding hydrogens is 430 g/mol. The Bertz CT molecular complexity index is 1160. The molecule has 0 bridgehead atoms. The van der Waals surface area contributed by atoms with Crippen LogP contribution in [-0.4, -0.2) is 25.4 Å². The molecule has 4 aromatic rings. The van der Waals surface area contributed by atoms with Crippen LogP contribution in [-0.2, 0) is 4.79 Å². The van der Waals surface area contributed by atoms with Gasteiger partial charge in [-0.3, -0.25) is 24.5 Å². The molecule has 0 radical (unpaired) electrons. The predicted octanol–water partition coefficient (Wildman–Crippen LogP) is 3.24. The summed E-state index contributed by atoms with van der Waals surface area (Å²) in [5.74, 6) is -0.392. The number of rotatable bonds is 4. The minimum absolute atomic E-state index is 0.315. The number of anilines is 1. The molecule has 1 amide bonds. The molecule has 0 saturated heterocycles. The van der Waals surface area contributed by atoms with E-state index in [9.17, 15) is 9.59 Å². The third-order valence-corrected chi connectivity index (χ3v) is 5.12. The second-order valence-corrected chi connectivity index (χ2v) is 7.44.